The van der Waals surface area contributed by atoms with Crippen molar-refractivity contribution < 1.29 is 4.74 Å². The molecule has 4 heteroatoms. The Balaban J connectivity index is 1.95. The van der Waals surface area contributed by atoms with Crippen LogP contribution >= 0.6 is 15.9 Å². The standard InChI is InChI=1S/C14H17BrN2O/c15-10-1-2-13-11(7-10)12(8-17-13)14(16)9-3-5-18-6-4-9/h1-2,7-9,14,17H,3-6,16H2/t14-/m1/s1. The first-order valence-electron chi connectivity index (χ1n) is 6.35. The highest BCUT2D eigenvalue weighted by Crippen LogP contribution is 2.33. The largest absolute Gasteiger partial charge is 0.381 e. The quantitative estimate of drug-likeness (QED) is 0.894. The molecule has 2 aromatic rings. The van der Waals surface area contributed by atoms with Crippen LogP contribution in [0.25, 0.3) is 10.9 Å². The van der Waals surface area contributed by atoms with Crippen molar-refractivity contribution in [1.29, 1.82) is 0 Å². The summed E-state index contributed by atoms with van der Waals surface area (Å²) in [6.45, 7) is 1.68. The third-order valence-corrected chi connectivity index (χ3v) is 4.30. The predicted octanol–water partition coefficient (Wildman–Crippen LogP) is 3.36. The Hall–Kier alpha value is -0.840. The van der Waals surface area contributed by atoms with Gasteiger partial charge in [-0.3, -0.25) is 0 Å². The van der Waals surface area contributed by atoms with Crippen LogP contribution in [-0.2, 0) is 4.74 Å². The fraction of sp³-hybridized carbons (Fsp3) is 0.429. The summed E-state index contributed by atoms with van der Waals surface area (Å²) in [6, 6.07) is 6.36. The van der Waals surface area contributed by atoms with Gasteiger partial charge in [-0.05, 0) is 42.5 Å². The molecule has 0 bridgehead atoms. The Bertz CT molecular complexity index is 546. The molecular weight excluding hydrogens is 292 g/mol. The normalized spacial score (nSPS) is 19.2. The van der Waals surface area contributed by atoms with E-state index in [0.717, 1.165) is 36.0 Å². The van der Waals surface area contributed by atoms with E-state index >= 15 is 0 Å². The van der Waals surface area contributed by atoms with E-state index in [4.69, 9.17) is 10.5 Å². The van der Waals surface area contributed by atoms with Gasteiger partial charge in [0.25, 0.3) is 0 Å². The lowest BCUT2D eigenvalue weighted by Crippen LogP contribution is -2.27. The van der Waals surface area contributed by atoms with Gasteiger partial charge in [-0.2, -0.15) is 0 Å². The number of nitrogens with one attached hydrogen (secondary N) is 1. The number of aromatic amines is 1. The van der Waals surface area contributed by atoms with Gasteiger partial charge in [0.1, 0.15) is 0 Å². The summed E-state index contributed by atoms with van der Waals surface area (Å²) in [5, 5.41) is 1.23. The van der Waals surface area contributed by atoms with Crippen LogP contribution in [0.1, 0.15) is 24.4 Å². The Morgan fingerprint density at radius 2 is 2.11 bits per heavy atom. The van der Waals surface area contributed by atoms with Gasteiger partial charge in [0.15, 0.2) is 0 Å². The Morgan fingerprint density at radius 1 is 1.33 bits per heavy atom. The maximum absolute atomic E-state index is 6.44. The molecule has 0 amide bonds. The van der Waals surface area contributed by atoms with Gasteiger partial charge in [0, 0.05) is 40.8 Å². The molecule has 1 aromatic heterocycles. The average Bonchev–Trinajstić information content (AvgIpc) is 2.82. The van der Waals surface area contributed by atoms with Crippen LogP contribution in [-0.4, -0.2) is 18.2 Å². The van der Waals surface area contributed by atoms with Crippen molar-refractivity contribution in [2.24, 2.45) is 11.7 Å². The zero-order chi connectivity index (χ0) is 12.5. The van der Waals surface area contributed by atoms with E-state index in [9.17, 15) is 0 Å². The number of ether oxygens (including phenoxy) is 1. The second-order valence-electron chi connectivity index (χ2n) is 4.91. The highest BCUT2D eigenvalue weighted by molar-refractivity contribution is 9.10. The molecule has 0 radical (unpaired) electrons. The summed E-state index contributed by atoms with van der Waals surface area (Å²) in [7, 11) is 0. The van der Waals surface area contributed by atoms with E-state index in [2.05, 4.69) is 39.2 Å². The van der Waals surface area contributed by atoms with Crippen molar-refractivity contribution >= 4 is 26.8 Å². The summed E-state index contributed by atoms with van der Waals surface area (Å²) < 4.78 is 6.50. The number of rotatable bonds is 2. The van der Waals surface area contributed by atoms with Crippen LogP contribution in [0.3, 0.4) is 0 Å². The number of halogens is 1. The summed E-state index contributed by atoms with van der Waals surface area (Å²) in [5.41, 5.74) is 8.81. The van der Waals surface area contributed by atoms with Crippen LogP contribution < -0.4 is 5.73 Å². The molecule has 1 fully saturated rings. The van der Waals surface area contributed by atoms with E-state index in [0.29, 0.717) is 5.92 Å². The number of hydrogen-bond donors (Lipinski definition) is 2. The van der Waals surface area contributed by atoms with Gasteiger partial charge in [0.2, 0.25) is 0 Å². The van der Waals surface area contributed by atoms with Gasteiger partial charge < -0.3 is 15.5 Å². The number of fused-ring (bicyclic) bond motifs is 1. The number of H-pyrrole nitrogens is 1. The summed E-state index contributed by atoms with van der Waals surface area (Å²) in [5.74, 6) is 0.525. The van der Waals surface area contributed by atoms with E-state index in [1.807, 2.05) is 6.07 Å². The molecule has 18 heavy (non-hydrogen) atoms. The highest BCUT2D eigenvalue weighted by Gasteiger charge is 2.24. The number of benzene rings is 1. The van der Waals surface area contributed by atoms with Crippen LogP contribution in [0.15, 0.2) is 28.9 Å². The molecule has 0 unspecified atom stereocenters. The lowest BCUT2D eigenvalue weighted by atomic mass is 9.88. The third kappa shape index (κ3) is 2.20. The zero-order valence-electron chi connectivity index (χ0n) is 10.2. The molecule has 1 aliphatic heterocycles. The minimum atomic E-state index is 0.0944. The third-order valence-electron chi connectivity index (χ3n) is 3.81. The SMILES string of the molecule is N[C@@H](c1c[nH]c2ccc(Br)cc12)C1CCOCC1. The fourth-order valence-electron chi connectivity index (χ4n) is 2.72. The van der Waals surface area contributed by atoms with Crippen LogP contribution in [0.4, 0.5) is 0 Å². The topological polar surface area (TPSA) is 51.0 Å². The van der Waals surface area contributed by atoms with Crippen molar-refractivity contribution in [2.75, 3.05) is 13.2 Å². The minimum absolute atomic E-state index is 0.0944. The average molecular weight is 309 g/mol. The first-order valence-corrected chi connectivity index (χ1v) is 7.15. The van der Waals surface area contributed by atoms with Crippen LogP contribution in [0, 0.1) is 5.92 Å². The molecule has 1 atom stereocenters. The van der Waals surface area contributed by atoms with Gasteiger partial charge in [0.05, 0.1) is 0 Å². The monoisotopic (exact) mass is 308 g/mol. The molecule has 3 nitrogen and oxygen atoms in total. The maximum Gasteiger partial charge on any atom is 0.0469 e. The van der Waals surface area contributed by atoms with Gasteiger partial charge in [-0.25, -0.2) is 0 Å². The van der Waals surface area contributed by atoms with Gasteiger partial charge >= 0.3 is 0 Å². The molecule has 1 aromatic carbocycles. The van der Waals surface area contributed by atoms with Gasteiger partial charge in [-0.15, -0.1) is 0 Å². The molecule has 0 aliphatic carbocycles. The Morgan fingerprint density at radius 3 is 2.89 bits per heavy atom. The van der Waals surface area contributed by atoms with Crippen molar-refractivity contribution in [3.8, 4) is 0 Å². The number of nitrogens with two attached hydrogens (primary N) is 1. The molecular formula is C14H17BrN2O. The second-order valence-corrected chi connectivity index (χ2v) is 5.83. The molecule has 3 N–H and O–H groups in total. The predicted molar refractivity (Wildman–Crippen MR) is 76.5 cm³/mol. The molecule has 2 heterocycles. The van der Waals surface area contributed by atoms with E-state index in [1.165, 1.54) is 10.9 Å². The molecule has 0 saturated carbocycles. The number of aromatic nitrogens is 1. The van der Waals surface area contributed by atoms with Crippen molar-refractivity contribution in [2.45, 2.75) is 18.9 Å². The van der Waals surface area contributed by atoms with E-state index in [1.54, 1.807) is 0 Å². The lowest BCUT2D eigenvalue weighted by molar-refractivity contribution is 0.0585. The van der Waals surface area contributed by atoms with E-state index in [-0.39, 0.29) is 6.04 Å². The smallest absolute Gasteiger partial charge is 0.0469 e. The Kier molecular flexibility index (Phi) is 3.41. The zero-order valence-corrected chi connectivity index (χ0v) is 11.7. The van der Waals surface area contributed by atoms with Crippen molar-refractivity contribution in [3.05, 3.63) is 34.4 Å². The molecule has 3 rings (SSSR count). The minimum Gasteiger partial charge on any atom is -0.381 e. The molecule has 0 spiro atoms. The fourth-order valence-corrected chi connectivity index (χ4v) is 3.08. The van der Waals surface area contributed by atoms with Crippen LogP contribution in [0.2, 0.25) is 0 Å². The summed E-state index contributed by atoms with van der Waals surface area (Å²) in [6.07, 6.45) is 4.17. The number of hydrogen-bond acceptors (Lipinski definition) is 2. The Labute approximate surface area is 115 Å². The summed E-state index contributed by atoms with van der Waals surface area (Å²) in [4.78, 5) is 3.30. The first kappa shape index (κ1) is 12.2. The maximum atomic E-state index is 6.44. The van der Waals surface area contributed by atoms with Gasteiger partial charge in [-0.1, -0.05) is 15.9 Å². The first-order chi connectivity index (χ1) is 8.75. The lowest BCUT2D eigenvalue weighted by Gasteiger charge is -2.27. The molecule has 1 saturated heterocycles. The highest BCUT2D eigenvalue weighted by atomic mass is 79.9. The van der Waals surface area contributed by atoms with E-state index < -0.39 is 0 Å². The van der Waals surface area contributed by atoms with Crippen molar-refractivity contribution in [1.82, 2.24) is 4.98 Å². The second kappa shape index (κ2) is 5.03. The molecule has 96 valence electrons. The molecule has 1 aliphatic rings. The van der Waals surface area contributed by atoms with Crippen molar-refractivity contribution in [3.63, 3.8) is 0 Å². The van der Waals surface area contributed by atoms with Crippen LogP contribution in [0.5, 0.6) is 0 Å². The summed E-state index contributed by atoms with van der Waals surface area (Å²) >= 11 is 3.52.